The van der Waals surface area contributed by atoms with Gasteiger partial charge in [0.05, 0.1) is 6.54 Å². The number of piperazine rings is 1. The first-order valence-corrected chi connectivity index (χ1v) is 8.58. The molecular weight excluding hydrogens is 288 g/mol. The molecule has 0 bridgehead atoms. The number of hydrogen-bond donors (Lipinski definition) is 2. The van der Waals surface area contributed by atoms with Gasteiger partial charge < -0.3 is 20.4 Å². The number of rotatable bonds is 7. The van der Waals surface area contributed by atoms with Crippen LogP contribution in [0.15, 0.2) is 24.3 Å². The van der Waals surface area contributed by atoms with Gasteiger partial charge in [0.15, 0.2) is 0 Å². The summed E-state index contributed by atoms with van der Waals surface area (Å²) in [6, 6.07) is 8.15. The third-order valence-electron chi connectivity index (χ3n) is 4.20. The smallest absolute Gasteiger partial charge is 0.238 e. The minimum absolute atomic E-state index is 0.0149. The number of nitrogens with one attached hydrogen (secondary N) is 2. The van der Waals surface area contributed by atoms with Gasteiger partial charge in [-0.25, -0.2) is 0 Å². The molecule has 1 aliphatic rings. The van der Waals surface area contributed by atoms with Crippen LogP contribution >= 0.6 is 0 Å². The number of benzene rings is 1. The zero-order valence-electron chi connectivity index (χ0n) is 14.6. The lowest BCUT2D eigenvalue weighted by molar-refractivity contribution is -0.115. The van der Waals surface area contributed by atoms with Crippen molar-refractivity contribution < 1.29 is 4.79 Å². The first kappa shape index (κ1) is 17.8. The van der Waals surface area contributed by atoms with E-state index in [2.05, 4.69) is 53.5 Å². The summed E-state index contributed by atoms with van der Waals surface area (Å²) in [5.74, 6) is 0.675. The largest absolute Gasteiger partial charge is 0.369 e. The predicted octanol–water partition coefficient (Wildman–Crippen LogP) is 2.01. The molecule has 5 heteroatoms. The average Bonchev–Trinajstić information content (AvgIpc) is 2.53. The van der Waals surface area contributed by atoms with E-state index in [1.165, 1.54) is 5.69 Å². The SMILES string of the molecule is CC(C)CCNCC(=O)Nc1ccc(N2CCN(C)CC2)cc1. The van der Waals surface area contributed by atoms with Crippen molar-refractivity contribution in [1.29, 1.82) is 0 Å². The summed E-state index contributed by atoms with van der Waals surface area (Å²) in [6.07, 6.45) is 1.09. The molecule has 0 radical (unpaired) electrons. The van der Waals surface area contributed by atoms with Gasteiger partial charge >= 0.3 is 0 Å². The van der Waals surface area contributed by atoms with E-state index in [0.29, 0.717) is 12.5 Å². The Morgan fingerprint density at radius 1 is 1.13 bits per heavy atom. The lowest BCUT2D eigenvalue weighted by Crippen LogP contribution is -2.44. The molecule has 1 fully saturated rings. The fraction of sp³-hybridized carbons (Fsp3) is 0.611. The highest BCUT2D eigenvalue weighted by molar-refractivity contribution is 5.92. The second-order valence-electron chi connectivity index (χ2n) is 6.74. The minimum atomic E-state index is 0.0149. The minimum Gasteiger partial charge on any atom is -0.369 e. The van der Waals surface area contributed by atoms with E-state index in [0.717, 1.165) is 44.8 Å². The van der Waals surface area contributed by atoms with Crippen LogP contribution in [-0.4, -0.2) is 57.1 Å². The van der Waals surface area contributed by atoms with Crippen molar-refractivity contribution in [3.63, 3.8) is 0 Å². The Kier molecular flexibility index (Phi) is 6.86. The van der Waals surface area contributed by atoms with Crippen molar-refractivity contribution in [2.24, 2.45) is 5.92 Å². The summed E-state index contributed by atoms with van der Waals surface area (Å²) in [4.78, 5) is 16.6. The number of amides is 1. The van der Waals surface area contributed by atoms with E-state index in [9.17, 15) is 4.79 Å². The third-order valence-corrected chi connectivity index (χ3v) is 4.20. The molecule has 1 aromatic rings. The predicted molar refractivity (Wildman–Crippen MR) is 97.1 cm³/mol. The summed E-state index contributed by atoms with van der Waals surface area (Å²) in [5, 5.41) is 6.12. The monoisotopic (exact) mass is 318 g/mol. The van der Waals surface area contributed by atoms with E-state index in [1.54, 1.807) is 0 Å². The fourth-order valence-corrected chi connectivity index (χ4v) is 2.62. The molecule has 0 unspecified atom stereocenters. The molecule has 1 aromatic carbocycles. The molecule has 5 nitrogen and oxygen atoms in total. The van der Waals surface area contributed by atoms with Crippen LogP contribution in [0.3, 0.4) is 0 Å². The van der Waals surface area contributed by atoms with E-state index < -0.39 is 0 Å². The number of carbonyl (C=O) groups is 1. The maximum absolute atomic E-state index is 11.9. The van der Waals surface area contributed by atoms with Crippen LogP contribution in [0.1, 0.15) is 20.3 Å². The Bertz CT molecular complexity index is 478. The Morgan fingerprint density at radius 2 is 1.78 bits per heavy atom. The highest BCUT2D eigenvalue weighted by Gasteiger charge is 2.14. The van der Waals surface area contributed by atoms with Crippen LogP contribution < -0.4 is 15.5 Å². The van der Waals surface area contributed by atoms with Crippen LogP contribution in [0.25, 0.3) is 0 Å². The van der Waals surface area contributed by atoms with Crippen molar-refractivity contribution in [2.75, 3.05) is 56.5 Å². The third kappa shape index (κ3) is 6.20. The summed E-state index contributed by atoms with van der Waals surface area (Å²) >= 11 is 0. The molecule has 23 heavy (non-hydrogen) atoms. The normalized spacial score (nSPS) is 15.9. The standard InChI is InChI=1S/C18H30N4O/c1-15(2)8-9-19-14-18(23)20-16-4-6-17(7-5-16)22-12-10-21(3)11-13-22/h4-7,15,19H,8-14H2,1-3H3,(H,20,23). The quantitative estimate of drug-likeness (QED) is 0.755. The molecule has 128 valence electrons. The van der Waals surface area contributed by atoms with E-state index in [-0.39, 0.29) is 5.91 Å². The van der Waals surface area contributed by atoms with Crippen LogP contribution in [0.2, 0.25) is 0 Å². The second-order valence-corrected chi connectivity index (χ2v) is 6.74. The zero-order chi connectivity index (χ0) is 16.7. The molecule has 0 aliphatic carbocycles. The summed E-state index contributed by atoms with van der Waals surface area (Å²) in [7, 11) is 2.16. The topological polar surface area (TPSA) is 47.6 Å². The lowest BCUT2D eigenvalue weighted by atomic mass is 10.1. The van der Waals surface area contributed by atoms with Gasteiger partial charge in [0.1, 0.15) is 0 Å². The second kappa shape index (κ2) is 8.89. The number of likely N-dealkylation sites (N-methyl/N-ethyl adjacent to an activating group) is 1. The van der Waals surface area contributed by atoms with Crippen LogP contribution in [0.4, 0.5) is 11.4 Å². The van der Waals surface area contributed by atoms with Crippen molar-refractivity contribution in [3.8, 4) is 0 Å². The van der Waals surface area contributed by atoms with Gasteiger partial charge in [0.25, 0.3) is 0 Å². The van der Waals surface area contributed by atoms with E-state index in [1.807, 2.05) is 12.1 Å². The number of carbonyl (C=O) groups excluding carboxylic acids is 1. The van der Waals surface area contributed by atoms with Crippen molar-refractivity contribution in [2.45, 2.75) is 20.3 Å². The van der Waals surface area contributed by atoms with Gasteiger partial charge in [0, 0.05) is 37.6 Å². The molecule has 2 N–H and O–H groups in total. The maximum atomic E-state index is 11.9. The Labute approximate surface area is 140 Å². The van der Waals surface area contributed by atoms with Crippen molar-refractivity contribution in [1.82, 2.24) is 10.2 Å². The van der Waals surface area contributed by atoms with Crippen molar-refractivity contribution in [3.05, 3.63) is 24.3 Å². The van der Waals surface area contributed by atoms with Gasteiger partial charge in [-0.2, -0.15) is 0 Å². The highest BCUT2D eigenvalue weighted by Crippen LogP contribution is 2.19. The number of nitrogens with zero attached hydrogens (tertiary/aromatic N) is 2. The van der Waals surface area contributed by atoms with Gasteiger partial charge in [0.2, 0.25) is 5.91 Å². The van der Waals surface area contributed by atoms with Crippen LogP contribution in [0, 0.1) is 5.92 Å². The Hall–Kier alpha value is -1.59. The molecule has 0 aromatic heterocycles. The molecule has 1 heterocycles. The van der Waals surface area contributed by atoms with Gasteiger partial charge in [-0.1, -0.05) is 13.8 Å². The molecule has 1 aliphatic heterocycles. The van der Waals surface area contributed by atoms with Crippen molar-refractivity contribution >= 4 is 17.3 Å². The molecule has 1 saturated heterocycles. The summed E-state index contributed by atoms with van der Waals surface area (Å²) in [5.41, 5.74) is 2.09. The molecule has 0 spiro atoms. The number of anilines is 2. The summed E-state index contributed by atoms with van der Waals surface area (Å²) in [6.45, 7) is 9.93. The van der Waals surface area contributed by atoms with Gasteiger partial charge in [-0.3, -0.25) is 4.79 Å². The first-order valence-electron chi connectivity index (χ1n) is 8.58. The molecule has 2 rings (SSSR count). The lowest BCUT2D eigenvalue weighted by Gasteiger charge is -2.34. The van der Waals surface area contributed by atoms with Gasteiger partial charge in [-0.05, 0) is 50.2 Å². The summed E-state index contributed by atoms with van der Waals surface area (Å²) < 4.78 is 0. The Balaban J connectivity index is 1.75. The van der Waals surface area contributed by atoms with Gasteiger partial charge in [-0.15, -0.1) is 0 Å². The Morgan fingerprint density at radius 3 is 2.39 bits per heavy atom. The van der Waals surface area contributed by atoms with Crippen LogP contribution in [-0.2, 0) is 4.79 Å². The van der Waals surface area contributed by atoms with Crippen LogP contribution in [0.5, 0.6) is 0 Å². The highest BCUT2D eigenvalue weighted by atomic mass is 16.1. The molecule has 1 amide bonds. The fourth-order valence-electron chi connectivity index (χ4n) is 2.62. The average molecular weight is 318 g/mol. The van der Waals surface area contributed by atoms with E-state index in [4.69, 9.17) is 0 Å². The number of hydrogen-bond acceptors (Lipinski definition) is 4. The maximum Gasteiger partial charge on any atom is 0.238 e. The first-order chi connectivity index (χ1) is 11.0. The zero-order valence-corrected chi connectivity index (χ0v) is 14.6. The molecule has 0 atom stereocenters. The molecule has 0 saturated carbocycles. The molecular formula is C18H30N4O. The van der Waals surface area contributed by atoms with E-state index >= 15 is 0 Å².